The summed E-state index contributed by atoms with van der Waals surface area (Å²) in [4.78, 5) is 2.38. The van der Waals surface area contributed by atoms with Gasteiger partial charge in [0.25, 0.3) is 0 Å². The van der Waals surface area contributed by atoms with Crippen LogP contribution in [-0.4, -0.2) is 30.1 Å². The molecule has 0 aliphatic rings. The molecule has 0 radical (unpaired) electrons. The van der Waals surface area contributed by atoms with Gasteiger partial charge in [-0.1, -0.05) is 0 Å². The van der Waals surface area contributed by atoms with Gasteiger partial charge < -0.3 is 11.1 Å². The van der Waals surface area contributed by atoms with Crippen LogP contribution in [0.4, 0.5) is 15.8 Å². The minimum absolute atomic E-state index is 0.304. The molecule has 1 aromatic rings. The number of anilines is 2. The van der Waals surface area contributed by atoms with Crippen molar-refractivity contribution in [2.75, 3.05) is 24.1 Å². The molecule has 0 spiro atoms. The van der Waals surface area contributed by atoms with Crippen LogP contribution in [0.25, 0.3) is 0 Å². The first-order valence-electron chi connectivity index (χ1n) is 6.46. The van der Waals surface area contributed by atoms with Crippen LogP contribution in [0.5, 0.6) is 0 Å². The molecule has 0 saturated carbocycles. The molecule has 1 rings (SSSR count). The Morgan fingerprint density at radius 3 is 2.28 bits per heavy atom. The Kier molecular flexibility index (Phi) is 5.41. The second kappa shape index (κ2) is 6.59. The largest absolute Gasteiger partial charge is 0.399 e. The van der Waals surface area contributed by atoms with Gasteiger partial charge in [-0.05, 0) is 45.9 Å². The van der Waals surface area contributed by atoms with E-state index in [4.69, 9.17) is 5.73 Å². The maximum Gasteiger partial charge on any atom is 0.127 e. The summed E-state index contributed by atoms with van der Waals surface area (Å²) < 4.78 is 13.1. The predicted molar refractivity (Wildman–Crippen MR) is 76.3 cm³/mol. The fraction of sp³-hybridized carbons (Fsp3) is 0.571. The molecule has 1 aromatic carbocycles. The molecule has 0 amide bonds. The van der Waals surface area contributed by atoms with E-state index in [1.165, 1.54) is 12.1 Å². The SMILES string of the molecule is CC(C)N(CCNc1cc(N)cc(F)c1)C(C)C. The van der Waals surface area contributed by atoms with Crippen LogP contribution in [-0.2, 0) is 0 Å². The van der Waals surface area contributed by atoms with Gasteiger partial charge in [0.1, 0.15) is 5.82 Å². The Hall–Kier alpha value is -1.29. The fourth-order valence-electron chi connectivity index (χ4n) is 2.16. The van der Waals surface area contributed by atoms with Gasteiger partial charge in [-0.3, -0.25) is 4.90 Å². The van der Waals surface area contributed by atoms with Crippen molar-refractivity contribution >= 4 is 11.4 Å². The maximum absolute atomic E-state index is 13.1. The number of hydrogen-bond donors (Lipinski definition) is 2. The average Bonchev–Trinajstić information content (AvgIpc) is 2.21. The van der Waals surface area contributed by atoms with Crippen molar-refractivity contribution in [2.45, 2.75) is 39.8 Å². The van der Waals surface area contributed by atoms with E-state index in [-0.39, 0.29) is 5.82 Å². The molecule has 0 unspecified atom stereocenters. The van der Waals surface area contributed by atoms with E-state index in [9.17, 15) is 4.39 Å². The molecule has 0 aliphatic heterocycles. The van der Waals surface area contributed by atoms with E-state index < -0.39 is 0 Å². The number of nitrogens with zero attached hydrogens (tertiary/aromatic N) is 1. The summed E-state index contributed by atoms with van der Waals surface area (Å²) in [7, 11) is 0. The number of rotatable bonds is 6. The summed E-state index contributed by atoms with van der Waals surface area (Å²) in [5.74, 6) is -0.304. The lowest BCUT2D eigenvalue weighted by Crippen LogP contribution is -2.40. The molecular weight excluding hydrogens is 229 g/mol. The van der Waals surface area contributed by atoms with Crippen LogP contribution >= 0.6 is 0 Å². The van der Waals surface area contributed by atoms with Gasteiger partial charge in [-0.2, -0.15) is 0 Å². The molecule has 0 atom stereocenters. The van der Waals surface area contributed by atoms with Crippen LogP contribution < -0.4 is 11.1 Å². The zero-order valence-corrected chi connectivity index (χ0v) is 11.7. The van der Waals surface area contributed by atoms with E-state index >= 15 is 0 Å². The lowest BCUT2D eigenvalue weighted by molar-refractivity contribution is 0.182. The minimum atomic E-state index is -0.304. The van der Waals surface area contributed by atoms with Crippen LogP contribution in [0.2, 0.25) is 0 Å². The first-order valence-corrected chi connectivity index (χ1v) is 6.46. The highest BCUT2D eigenvalue weighted by atomic mass is 19.1. The predicted octanol–water partition coefficient (Wildman–Crippen LogP) is 2.94. The van der Waals surface area contributed by atoms with E-state index in [2.05, 4.69) is 37.9 Å². The van der Waals surface area contributed by atoms with Crippen molar-refractivity contribution in [3.63, 3.8) is 0 Å². The number of hydrogen-bond acceptors (Lipinski definition) is 3. The molecule has 0 aromatic heterocycles. The minimum Gasteiger partial charge on any atom is -0.399 e. The zero-order valence-electron chi connectivity index (χ0n) is 11.7. The number of halogens is 1. The third kappa shape index (κ3) is 4.53. The highest BCUT2D eigenvalue weighted by Crippen LogP contribution is 2.15. The van der Waals surface area contributed by atoms with E-state index in [0.29, 0.717) is 17.8 Å². The summed E-state index contributed by atoms with van der Waals surface area (Å²) >= 11 is 0. The second-order valence-corrected chi connectivity index (χ2v) is 5.13. The maximum atomic E-state index is 13.1. The monoisotopic (exact) mass is 253 g/mol. The van der Waals surface area contributed by atoms with Crippen LogP contribution in [0, 0.1) is 5.82 Å². The molecule has 4 heteroatoms. The van der Waals surface area contributed by atoms with E-state index in [1.807, 2.05) is 0 Å². The Morgan fingerprint density at radius 2 is 1.78 bits per heavy atom. The summed E-state index contributed by atoms with van der Waals surface area (Å²) in [5.41, 5.74) is 6.78. The number of nitrogen functional groups attached to an aromatic ring is 1. The topological polar surface area (TPSA) is 41.3 Å². The van der Waals surface area contributed by atoms with Gasteiger partial charge in [0.15, 0.2) is 0 Å². The molecule has 3 nitrogen and oxygen atoms in total. The van der Waals surface area contributed by atoms with Crippen molar-refractivity contribution in [3.8, 4) is 0 Å². The molecule has 0 fully saturated rings. The molecule has 0 saturated heterocycles. The van der Waals surface area contributed by atoms with Gasteiger partial charge in [0.05, 0.1) is 0 Å². The first-order chi connectivity index (χ1) is 8.40. The molecule has 0 bridgehead atoms. The molecule has 0 aliphatic carbocycles. The van der Waals surface area contributed by atoms with Crippen molar-refractivity contribution in [1.82, 2.24) is 4.90 Å². The quantitative estimate of drug-likeness (QED) is 0.766. The van der Waals surface area contributed by atoms with Gasteiger partial charge >= 0.3 is 0 Å². The summed E-state index contributed by atoms with van der Waals surface area (Å²) in [6.45, 7) is 10.4. The second-order valence-electron chi connectivity index (χ2n) is 5.13. The smallest absolute Gasteiger partial charge is 0.127 e. The Labute approximate surface area is 109 Å². The number of benzene rings is 1. The summed E-state index contributed by atoms with van der Waals surface area (Å²) in [6.07, 6.45) is 0. The molecular formula is C14H24FN3. The van der Waals surface area contributed by atoms with Gasteiger partial charge in [0, 0.05) is 36.5 Å². The first kappa shape index (κ1) is 14.8. The normalized spacial score (nSPS) is 11.6. The van der Waals surface area contributed by atoms with Crippen LogP contribution in [0.1, 0.15) is 27.7 Å². The lowest BCUT2D eigenvalue weighted by Gasteiger charge is -2.30. The van der Waals surface area contributed by atoms with Crippen molar-refractivity contribution in [2.24, 2.45) is 0 Å². The highest BCUT2D eigenvalue weighted by Gasteiger charge is 2.12. The van der Waals surface area contributed by atoms with Crippen LogP contribution in [0.15, 0.2) is 18.2 Å². The zero-order chi connectivity index (χ0) is 13.7. The van der Waals surface area contributed by atoms with Crippen LogP contribution in [0.3, 0.4) is 0 Å². The number of nitrogens with two attached hydrogens (primary N) is 1. The average molecular weight is 253 g/mol. The number of nitrogens with one attached hydrogen (secondary N) is 1. The Morgan fingerprint density at radius 1 is 1.17 bits per heavy atom. The van der Waals surface area contributed by atoms with Gasteiger partial charge in [0.2, 0.25) is 0 Å². The lowest BCUT2D eigenvalue weighted by atomic mass is 10.2. The molecule has 18 heavy (non-hydrogen) atoms. The molecule has 0 heterocycles. The van der Waals surface area contributed by atoms with E-state index in [0.717, 1.165) is 18.8 Å². The third-order valence-corrected chi connectivity index (χ3v) is 2.95. The third-order valence-electron chi connectivity index (χ3n) is 2.95. The van der Waals surface area contributed by atoms with E-state index in [1.54, 1.807) is 6.07 Å². The summed E-state index contributed by atoms with van der Waals surface area (Å²) in [6, 6.07) is 5.54. The Bertz CT molecular complexity index is 349. The Balaban J connectivity index is 2.50. The highest BCUT2D eigenvalue weighted by molar-refractivity contribution is 5.54. The van der Waals surface area contributed by atoms with Crippen molar-refractivity contribution in [3.05, 3.63) is 24.0 Å². The van der Waals surface area contributed by atoms with Crippen molar-refractivity contribution < 1.29 is 4.39 Å². The van der Waals surface area contributed by atoms with Gasteiger partial charge in [-0.15, -0.1) is 0 Å². The van der Waals surface area contributed by atoms with Gasteiger partial charge in [-0.25, -0.2) is 4.39 Å². The van der Waals surface area contributed by atoms with Crippen molar-refractivity contribution in [1.29, 1.82) is 0 Å². The fourth-order valence-corrected chi connectivity index (χ4v) is 2.16. The summed E-state index contributed by atoms with van der Waals surface area (Å²) in [5, 5.41) is 3.20. The molecule has 102 valence electrons. The standard InChI is InChI=1S/C14H24FN3/c1-10(2)18(11(3)4)6-5-17-14-8-12(15)7-13(16)9-14/h7-11,17H,5-6,16H2,1-4H3. The molecule has 3 N–H and O–H groups in total.